The second kappa shape index (κ2) is 4.56. The zero-order valence-corrected chi connectivity index (χ0v) is 12.9. The molecule has 0 saturated carbocycles. The summed E-state index contributed by atoms with van der Waals surface area (Å²) in [6.07, 6.45) is 0. The van der Waals surface area contributed by atoms with Crippen LogP contribution in [0.25, 0.3) is 0 Å². The monoisotopic (exact) mass is 335 g/mol. The molecule has 5 nitrogen and oxygen atoms in total. The molecule has 14 heavy (non-hydrogen) atoms. The van der Waals surface area contributed by atoms with E-state index in [1.54, 1.807) is 14.1 Å². The molecule has 0 amide bonds. The Balaban J connectivity index is 3.44. The van der Waals surface area contributed by atoms with Crippen molar-refractivity contribution in [3.8, 4) is 0 Å². The minimum atomic E-state index is -2.80. The highest BCUT2D eigenvalue weighted by atomic mass is 35.9. The highest BCUT2D eigenvalue weighted by molar-refractivity contribution is 8.17. The standard InChI is InChI=1S/C2H8Cl4N5P3/c1-7-13(5)9-12(3,4)10-14(6,8-2)11-13/h7-8H,1-2H3/t13-,14-/m0/s1. The van der Waals surface area contributed by atoms with E-state index in [0.29, 0.717) is 0 Å². The van der Waals surface area contributed by atoms with Crippen LogP contribution in [0.1, 0.15) is 0 Å². The van der Waals surface area contributed by atoms with Crippen LogP contribution in [0.4, 0.5) is 0 Å². The summed E-state index contributed by atoms with van der Waals surface area (Å²) in [7, 11) is 3.26. The third-order valence-corrected chi connectivity index (χ3v) is 13.8. The average Bonchev–Trinajstić information content (AvgIpc) is 2.00. The van der Waals surface area contributed by atoms with Gasteiger partial charge in [-0.1, -0.05) is 0 Å². The maximum Gasteiger partial charge on any atom is 0.257 e. The molecule has 0 spiro atoms. The van der Waals surface area contributed by atoms with Crippen LogP contribution in [0, 0.1) is 0 Å². The summed E-state index contributed by atoms with van der Waals surface area (Å²) < 4.78 is 12.1. The molecular weight excluding hydrogens is 329 g/mol. The van der Waals surface area contributed by atoms with Crippen LogP contribution in [0.15, 0.2) is 13.5 Å². The van der Waals surface area contributed by atoms with Crippen molar-refractivity contribution >= 4 is 64.3 Å². The summed E-state index contributed by atoms with van der Waals surface area (Å²) in [5.41, 5.74) is 0. The van der Waals surface area contributed by atoms with Gasteiger partial charge in [0.15, 0.2) is 0 Å². The Kier molecular flexibility index (Phi) is 4.51. The Morgan fingerprint density at radius 1 is 0.786 bits per heavy atom. The van der Waals surface area contributed by atoms with Gasteiger partial charge in [0.05, 0.1) is 0 Å². The SMILES string of the molecule is CN[P@@]1(Cl)=NP(Cl)(Cl)=N[P@](Cl)(NC)=N1. The van der Waals surface area contributed by atoms with Gasteiger partial charge in [0.25, 0.3) is 5.91 Å². The highest BCUT2D eigenvalue weighted by Gasteiger charge is 2.31. The Morgan fingerprint density at radius 2 is 1.21 bits per heavy atom. The first-order chi connectivity index (χ1) is 6.24. The second-order valence-electron chi connectivity index (χ2n) is 2.22. The van der Waals surface area contributed by atoms with Gasteiger partial charge in [-0.25, -0.2) is 0 Å². The summed E-state index contributed by atoms with van der Waals surface area (Å²) in [6.45, 7) is -5.17. The molecule has 0 aromatic carbocycles. The van der Waals surface area contributed by atoms with Gasteiger partial charge < -0.3 is 0 Å². The van der Waals surface area contributed by atoms with Crippen molar-refractivity contribution in [2.75, 3.05) is 14.1 Å². The fraction of sp³-hybridized carbons (Fsp3) is 1.00. The van der Waals surface area contributed by atoms with Crippen LogP contribution >= 0.6 is 64.3 Å². The predicted molar refractivity (Wildman–Crippen MR) is 69.6 cm³/mol. The van der Waals surface area contributed by atoms with Gasteiger partial charge in [-0.15, -0.1) is 0 Å². The smallest absolute Gasteiger partial charge is 0.256 e. The summed E-state index contributed by atoms with van der Waals surface area (Å²) in [5, 5.41) is 5.54. The lowest BCUT2D eigenvalue weighted by atomic mass is 11.6. The van der Waals surface area contributed by atoms with E-state index in [2.05, 4.69) is 23.7 Å². The summed E-state index contributed by atoms with van der Waals surface area (Å²) in [5.74, 6) is -2.80. The van der Waals surface area contributed by atoms with Gasteiger partial charge >= 0.3 is 0 Å². The molecule has 2 N–H and O–H groups in total. The van der Waals surface area contributed by atoms with Crippen LogP contribution in [0.3, 0.4) is 0 Å². The Morgan fingerprint density at radius 3 is 1.64 bits per heavy atom. The first-order valence-corrected chi connectivity index (χ1v) is 12.0. The first-order valence-electron chi connectivity index (χ1n) is 3.32. The molecule has 0 fully saturated rings. The third kappa shape index (κ3) is 3.38. The zero-order valence-electron chi connectivity index (χ0n) is 7.20. The predicted octanol–water partition coefficient (Wildman–Crippen LogP) is 5.23. The van der Waals surface area contributed by atoms with Gasteiger partial charge in [0.2, 0.25) is 13.4 Å². The van der Waals surface area contributed by atoms with Crippen molar-refractivity contribution in [3.05, 3.63) is 0 Å². The number of nitrogens with zero attached hydrogens (tertiary/aromatic N) is 3. The minimum absolute atomic E-state index is 1.63. The maximum absolute atomic E-state index is 6.08. The van der Waals surface area contributed by atoms with Gasteiger partial charge in [0.1, 0.15) is 0 Å². The van der Waals surface area contributed by atoms with E-state index in [0.717, 1.165) is 0 Å². The highest BCUT2D eigenvalue weighted by Crippen LogP contribution is 2.82. The normalized spacial score (nSPS) is 40.7. The minimum Gasteiger partial charge on any atom is -0.256 e. The van der Waals surface area contributed by atoms with Crippen LogP contribution in [-0.4, -0.2) is 14.1 Å². The van der Waals surface area contributed by atoms with Crippen molar-refractivity contribution in [2.24, 2.45) is 13.5 Å². The van der Waals surface area contributed by atoms with Crippen LogP contribution < -0.4 is 10.2 Å². The third-order valence-electron chi connectivity index (χ3n) is 1.26. The fourth-order valence-electron chi connectivity index (χ4n) is 0.675. The number of rotatable bonds is 2. The van der Waals surface area contributed by atoms with E-state index in [4.69, 9.17) is 45.0 Å². The van der Waals surface area contributed by atoms with E-state index in [1.807, 2.05) is 0 Å². The van der Waals surface area contributed by atoms with E-state index in [-0.39, 0.29) is 0 Å². The molecule has 1 aliphatic rings. The Hall–Kier alpha value is 1.77. The molecule has 1 aliphatic heterocycles. The summed E-state index contributed by atoms with van der Waals surface area (Å²) in [4.78, 5) is 0. The number of nitrogens with one attached hydrogen (secondary N) is 2. The van der Waals surface area contributed by atoms with Gasteiger partial charge in [-0.3, -0.25) is 10.2 Å². The zero-order chi connectivity index (χ0) is 11.0. The van der Waals surface area contributed by atoms with E-state index in [1.165, 1.54) is 0 Å². The van der Waals surface area contributed by atoms with E-state index < -0.39 is 19.3 Å². The average molecular weight is 337 g/mol. The van der Waals surface area contributed by atoms with Crippen molar-refractivity contribution in [3.63, 3.8) is 0 Å². The van der Waals surface area contributed by atoms with Gasteiger partial charge in [-0.05, 0) is 59.1 Å². The quantitative estimate of drug-likeness (QED) is 0.678. The molecule has 0 radical (unpaired) electrons. The summed E-state index contributed by atoms with van der Waals surface area (Å²) >= 11 is 23.9. The molecule has 12 heteroatoms. The van der Waals surface area contributed by atoms with Crippen LogP contribution in [0.5, 0.6) is 0 Å². The first kappa shape index (κ1) is 13.8. The molecule has 1 heterocycles. The Labute approximate surface area is 102 Å². The molecule has 0 aromatic rings. The fourth-order valence-corrected chi connectivity index (χ4v) is 15.6. The molecule has 0 aliphatic carbocycles. The largest absolute Gasteiger partial charge is 0.257 e. The van der Waals surface area contributed by atoms with Crippen molar-refractivity contribution in [1.29, 1.82) is 0 Å². The van der Waals surface area contributed by atoms with Gasteiger partial charge in [-0.2, -0.15) is 13.5 Å². The summed E-state index contributed by atoms with van der Waals surface area (Å²) in [6, 6.07) is 0. The Bertz CT molecular complexity index is 386. The van der Waals surface area contributed by atoms with Crippen LogP contribution in [-0.2, 0) is 0 Å². The van der Waals surface area contributed by atoms with E-state index in [9.17, 15) is 0 Å². The lowest BCUT2D eigenvalue weighted by molar-refractivity contribution is 1.23. The molecule has 84 valence electrons. The van der Waals surface area contributed by atoms with Gasteiger partial charge in [0, 0.05) is 0 Å². The molecule has 2 atom stereocenters. The maximum atomic E-state index is 6.08. The number of hydrogen-bond acceptors (Lipinski definition) is 5. The van der Waals surface area contributed by atoms with Crippen molar-refractivity contribution in [2.45, 2.75) is 0 Å². The lowest BCUT2D eigenvalue weighted by Gasteiger charge is -2.23. The van der Waals surface area contributed by atoms with Crippen LogP contribution in [0.2, 0.25) is 0 Å². The molecule has 0 saturated heterocycles. The molecule has 0 bridgehead atoms. The molecule has 0 unspecified atom stereocenters. The topological polar surface area (TPSA) is 61.1 Å². The molecule has 0 aromatic heterocycles. The lowest BCUT2D eigenvalue weighted by Crippen LogP contribution is -2.01. The second-order valence-corrected chi connectivity index (χ2v) is 14.5. The molecular formula is C2H8Cl4N5P3. The number of halogens is 4. The molecule has 1 rings (SSSR count). The number of hydrogen-bond donors (Lipinski definition) is 2. The van der Waals surface area contributed by atoms with Crippen molar-refractivity contribution in [1.82, 2.24) is 10.2 Å². The van der Waals surface area contributed by atoms with E-state index >= 15 is 0 Å². The van der Waals surface area contributed by atoms with Crippen molar-refractivity contribution < 1.29 is 0 Å².